The van der Waals surface area contributed by atoms with Gasteiger partial charge in [0.05, 0.1) is 0 Å². The number of hydrogen-bond donors (Lipinski definition) is 1. The predicted octanol–water partition coefficient (Wildman–Crippen LogP) is 1.69. The molecule has 1 atom stereocenters. The number of fused-ring (bicyclic) bond motifs is 1. The van der Waals surface area contributed by atoms with E-state index in [1.54, 1.807) is 0 Å². The van der Waals surface area contributed by atoms with Crippen LogP contribution in [-0.2, 0) is 4.79 Å². The number of halogens is 1. The van der Waals surface area contributed by atoms with E-state index in [0.717, 1.165) is 12.1 Å². The summed E-state index contributed by atoms with van der Waals surface area (Å²) in [5.41, 5.74) is 1.08. The van der Waals surface area contributed by atoms with Crippen LogP contribution in [0.4, 0.5) is 0 Å². The number of carbonyl (C=O) groups is 1. The lowest BCUT2D eigenvalue weighted by Gasteiger charge is -2.12. The van der Waals surface area contributed by atoms with Crippen LogP contribution in [0.25, 0.3) is 0 Å². The Hall–Kier alpha value is -0.570. The molecule has 1 N–H and O–H groups in total. The second-order valence-corrected chi connectivity index (χ2v) is 3.91. The topological polar surface area (TPSA) is 29.1 Å². The summed E-state index contributed by atoms with van der Waals surface area (Å²) in [5, 5.41) is 2.83. The van der Waals surface area contributed by atoms with Gasteiger partial charge in [0.15, 0.2) is 0 Å². The van der Waals surface area contributed by atoms with E-state index in [-0.39, 0.29) is 5.91 Å². The Balaban J connectivity index is 2.25. The van der Waals surface area contributed by atoms with E-state index in [0.29, 0.717) is 12.3 Å². The van der Waals surface area contributed by atoms with E-state index in [2.05, 4.69) is 21.2 Å². The fraction of sp³-hybridized carbons (Fsp3) is 0.375. The molecular formula is C8H8BrNO. The summed E-state index contributed by atoms with van der Waals surface area (Å²) in [6, 6.07) is 0. The summed E-state index contributed by atoms with van der Waals surface area (Å²) < 4.78 is 1.18. The van der Waals surface area contributed by atoms with Crippen LogP contribution in [0.2, 0.25) is 0 Å². The molecule has 11 heavy (non-hydrogen) atoms. The van der Waals surface area contributed by atoms with E-state index in [1.165, 1.54) is 4.48 Å². The lowest BCUT2D eigenvalue weighted by molar-refractivity contribution is -0.119. The van der Waals surface area contributed by atoms with Crippen LogP contribution in [-0.4, -0.2) is 5.91 Å². The smallest absolute Gasteiger partial charge is 0.224 e. The zero-order chi connectivity index (χ0) is 7.84. The molecule has 58 valence electrons. The maximum Gasteiger partial charge on any atom is 0.224 e. The fourth-order valence-electron chi connectivity index (χ4n) is 1.49. The van der Waals surface area contributed by atoms with Gasteiger partial charge in [-0.3, -0.25) is 4.79 Å². The van der Waals surface area contributed by atoms with Crippen LogP contribution in [0, 0.1) is 5.92 Å². The van der Waals surface area contributed by atoms with Crippen LogP contribution in [0.15, 0.2) is 22.3 Å². The molecule has 1 unspecified atom stereocenters. The van der Waals surface area contributed by atoms with Gasteiger partial charge < -0.3 is 5.32 Å². The van der Waals surface area contributed by atoms with Gasteiger partial charge in [-0.2, -0.15) is 0 Å². The normalized spacial score (nSPS) is 28.8. The van der Waals surface area contributed by atoms with Gasteiger partial charge in [0.1, 0.15) is 0 Å². The highest BCUT2D eigenvalue weighted by molar-refractivity contribution is 9.11. The Labute approximate surface area is 73.5 Å². The zero-order valence-electron chi connectivity index (χ0n) is 5.93. The molecule has 1 heterocycles. The molecule has 2 rings (SSSR count). The van der Waals surface area contributed by atoms with Gasteiger partial charge in [-0.1, -0.05) is 22.0 Å². The number of allylic oxidation sites excluding steroid dienone is 4. The third-order valence-corrected chi connectivity index (χ3v) is 2.63. The molecule has 1 saturated heterocycles. The first-order valence-corrected chi connectivity index (χ1v) is 4.41. The summed E-state index contributed by atoms with van der Waals surface area (Å²) in [6.45, 7) is 0. The van der Waals surface area contributed by atoms with Crippen LogP contribution in [0.5, 0.6) is 0 Å². The molecule has 0 radical (unpaired) electrons. The molecule has 2 aliphatic rings. The van der Waals surface area contributed by atoms with Crippen molar-refractivity contribution in [2.75, 3.05) is 0 Å². The standard InChI is InChI=1S/C8H8BrNO/c9-6-1-2-7-5(3-6)4-8(11)10-7/h1-2,5H,3-4H2,(H,10,11). The molecule has 0 bridgehead atoms. The van der Waals surface area contributed by atoms with Gasteiger partial charge in [0.2, 0.25) is 5.91 Å². The lowest BCUT2D eigenvalue weighted by Crippen LogP contribution is -2.13. The van der Waals surface area contributed by atoms with Gasteiger partial charge in [-0.15, -0.1) is 0 Å². The van der Waals surface area contributed by atoms with Gasteiger partial charge in [0, 0.05) is 18.0 Å². The van der Waals surface area contributed by atoms with Crippen molar-refractivity contribution < 1.29 is 4.79 Å². The van der Waals surface area contributed by atoms with E-state index in [9.17, 15) is 4.79 Å². The van der Waals surface area contributed by atoms with Crippen LogP contribution in [0.1, 0.15) is 12.8 Å². The minimum Gasteiger partial charge on any atom is -0.329 e. The van der Waals surface area contributed by atoms with Gasteiger partial charge in [-0.05, 0) is 17.0 Å². The van der Waals surface area contributed by atoms with Crippen molar-refractivity contribution in [2.24, 2.45) is 5.92 Å². The average Bonchev–Trinajstić information content (AvgIpc) is 2.27. The molecule has 0 spiro atoms. The van der Waals surface area contributed by atoms with Crippen molar-refractivity contribution in [2.45, 2.75) is 12.8 Å². The van der Waals surface area contributed by atoms with Crippen molar-refractivity contribution in [1.82, 2.24) is 5.32 Å². The Morgan fingerprint density at radius 3 is 3.09 bits per heavy atom. The summed E-state index contributed by atoms with van der Waals surface area (Å²) in [4.78, 5) is 10.9. The van der Waals surface area contributed by atoms with Gasteiger partial charge in [-0.25, -0.2) is 0 Å². The number of nitrogens with one attached hydrogen (secondary N) is 1. The molecule has 0 aromatic carbocycles. The quantitative estimate of drug-likeness (QED) is 0.653. The average molecular weight is 214 g/mol. The molecule has 3 heteroatoms. The molecule has 2 nitrogen and oxygen atoms in total. The van der Waals surface area contributed by atoms with Gasteiger partial charge >= 0.3 is 0 Å². The van der Waals surface area contributed by atoms with Crippen molar-refractivity contribution in [3.05, 3.63) is 22.3 Å². The van der Waals surface area contributed by atoms with E-state index < -0.39 is 0 Å². The molecule has 1 amide bonds. The van der Waals surface area contributed by atoms with E-state index in [1.807, 2.05) is 12.2 Å². The second-order valence-electron chi connectivity index (χ2n) is 2.89. The Morgan fingerprint density at radius 1 is 1.45 bits per heavy atom. The summed E-state index contributed by atoms with van der Waals surface area (Å²) in [7, 11) is 0. The minimum atomic E-state index is 0.150. The maximum absolute atomic E-state index is 10.9. The number of hydrogen-bond acceptors (Lipinski definition) is 1. The third kappa shape index (κ3) is 1.25. The highest BCUT2D eigenvalue weighted by Gasteiger charge is 2.28. The molecular weight excluding hydrogens is 206 g/mol. The highest BCUT2D eigenvalue weighted by Crippen LogP contribution is 2.32. The first kappa shape index (κ1) is 7.10. The molecule has 1 aliphatic carbocycles. The van der Waals surface area contributed by atoms with Gasteiger partial charge in [0.25, 0.3) is 0 Å². The third-order valence-electron chi connectivity index (χ3n) is 2.04. The monoisotopic (exact) mass is 213 g/mol. The minimum absolute atomic E-state index is 0.150. The van der Waals surface area contributed by atoms with E-state index >= 15 is 0 Å². The highest BCUT2D eigenvalue weighted by atomic mass is 79.9. The first-order valence-electron chi connectivity index (χ1n) is 3.62. The molecule has 0 saturated carbocycles. The first-order chi connectivity index (χ1) is 5.25. The van der Waals surface area contributed by atoms with Crippen LogP contribution >= 0.6 is 15.9 Å². The number of carbonyl (C=O) groups excluding carboxylic acids is 1. The van der Waals surface area contributed by atoms with Crippen molar-refractivity contribution >= 4 is 21.8 Å². The Bertz CT molecular complexity index is 267. The van der Waals surface area contributed by atoms with Crippen molar-refractivity contribution in [3.63, 3.8) is 0 Å². The second kappa shape index (κ2) is 2.48. The molecule has 0 aromatic rings. The molecule has 1 aliphatic heterocycles. The summed E-state index contributed by atoms with van der Waals surface area (Å²) in [6.07, 6.45) is 5.58. The van der Waals surface area contributed by atoms with E-state index in [4.69, 9.17) is 0 Å². The summed E-state index contributed by atoms with van der Waals surface area (Å²) in [5.74, 6) is 0.554. The fourth-order valence-corrected chi connectivity index (χ4v) is 2.01. The molecule has 1 fully saturated rings. The number of rotatable bonds is 0. The predicted molar refractivity (Wildman–Crippen MR) is 46.0 cm³/mol. The Morgan fingerprint density at radius 2 is 2.27 bits per heavy atom. The largest absolute Gasteiger partial charge is 0.329 e. The Kier molecular flexibility index (Phi) is 1.60. The van der Waals surface area contributed by atoms with Crippen molar-refractivity contribution in [1.29, 1.82) is 0 Å². The summed E-state index contributed by atoms with van der Waals surface area (Å²) >= 11 is 3.42. The maximum atomic E-state index is 10.9. The molecule has 0 aromatic heterocycles. The van der Waals surface area contributed by atoms with Crippen LogP contribution < -0.4 is 5.32 Å². The van der Waals surface area contributed by atoms with Crippen molar-refractivity contribution in [3.8, 4) is 0 Å². The lowest BCUT2D eigenvalue weighted by atomic mass is 9.97. The van der Waals surface area contributed by atoms with Crippen LogP contribution in [0.3, 0.4) is 0 Å². The SMILES string of the molecule is O=C1CC2CC(Br)=CC=C2N1. The zero-order valence-corrected chi connectivity index (χ0v) is 7.52. The number of amides is 1.